The van der Waals surface area contributed by atoms with Crippen molar-refractivity contribution in [1.29, 1.82) is 0 Å². The van der Waals surface area contributed by atoms with Gasteiger partial charge >= 0.3 is 0 Å². The largest absolute Gasteiger partial charge is 0.358 e. The number of carbonyl (C=O) groups is 1. The maximum Gasteiger partial charge on any atom is 0.242 e. The molecule has 1 saturated carbocycles. The fraction of sp³-hybridized carbons (Fsp3) is 0.615. The number of hydrogen-bond acceptors (Lipinski definition) is 6. The lowest BCUT2D eigenvalue weighted by atomic mass is 10.3. The summed E-state index contributed by atoms with van der Waals surface area (Å²) in [5.74, 6) is 7.25. The number of nitrogens with two attached hydrogens (primary N) is 1. The quantitative estimate of drug-likeness (QED) is 0.434. The molecule has 0 saturated heterocycles. The summed E-state index contributed by atoms with van der Waals surface area (Å²) in [6, 6.07) is 1.71. The highest BCUT2D eigenvalue weighted by Gasteiger charge is 2.25. The highest BCUT2D eigenvalue weighted by Crippen LogP contribution is 2.19. The van der Waals surface area contributed by atoms with Crippen molar-refractivity contribution in [1.82, 2.24) is 15.3 Å². The molecule has 0 aliphatic heterocycles. The van der Waals surface area contributed by atoms with E-state index >= 15 is 0 Å². The molecular formula is C13H22N6O. The van der Waals surface area contributed by atoms with Crippen LogP contribution in [0, 0.1) is 0 Å². The van der Waals surface area contributed by atoms with Gasteiger partial charge in [0, 0.05) is 18.5 Å². The summed E-state index contributed by atoms with van der Waals surface area (Å²) in [4.78, 5) is 20.6. The Hall–Kier alpha value is -1.89. The molecule has 1 aliphatic rings. The first kappa shape index (κ1) is 14.5. The Morgan fingerprint density at radius 1 is 1.45 bits per heavy atom. The van der Waals surface area contributed by atoms with Crippen molar-refractivity contribution in [2.45, 2.75) is 51.6 Å². The van der Waals surface area contributed by atoms with Gasteiger partial charge in [0.25, 0.3) is 0 Å². The molecule has 1 fully saturated rings. The molecule has 1 aromatic rings. The number of nitrogens with zero attached hydrogens (tertiary/aromatic N) is 2. The van der Waals surface area contributed by atoms with Crippen LogP contribution in [0.15, 0.2) is 6.07 Å². The second-order valence-electron chi connectivity index (χ2n) is 5.10. The topological polar surface area (TPSA) is 105 Å². The van der Waals surface area contributed by atoms with Crippen molar-refractivity contribution >= 4 is 17.5 Å². The summed E-state index contributed by atoms with van der Waals surface area (Å²) in [6.07, 6.45) is 3.87. The number of hydrazine groups is 1. The first-order valence-electron chi connectivity index (χ1n) is 7.04. The highest BCUT2D eigenvalue weighted by molar-refractivity contribution is 5.84. The minimum absolute atomic E-state index is 0.00888. The molecule has 1 amide bonds. The Balaban J connectivity index is 2.02. The number of aryl methyl sites for hydroxylation is 1. The van der Waals surface area contributed by atoms with E-state index in [0.29, 0.717) is 23.5 Å². The van der Waals surface area contributed by atoms with Gasteiger partial charge in [-0.25, -0.2) is 15.8 Å². The Bertz CT molecular complexity index is 474. The smallest absolute Gasteiger partial charge is 0.242 e. The number of carbonyl (C=O) groups excluding carboxylic acids is 1. The molecule has 110 valence electrons. The fourth-order valence-electron chi connectivity index (χ4n) is 1.82. The van der Waals surface area contributed by atoms with Crippen molar-refractivity contribution in [3.05, 3.63) is 11.9 Å². The lowest BCUT2D eigenvalue weighted by molar-refractivity contribution is -0.121. The van der Waals surface area contributed by atoms with Crippen LogP contribution >= 0.6 is 0 Å². The third kappa shape index (κ3) is 4.06. The molecule has 1 aliphatic carbocycles. The molecule has 0 bridgehead atoms. The molecule has 20 heavy (non-hydrogen) atoms. The maximum absolute atomic E-state index is 11.9. The molecule has 5 N–H and O–H groups in total. The summed E-state index contributed by atoms with van der Waals surface area (Å²) < 4.78 is 0. The van der Waals surface area contributed by atoms with Crippen LogP contribution < -0.4 is 21.9 Å². The molecular weight excluding hydrogens is 256 g/mol. The Morgan fingerprint density at radius 3 is 2.75 bits per heavy atom. The zero-order valence-electron chi connectivity index (χ0n) is 11.9. The fourth-order valence-corrected chi connectivity index (χ4v) is 1.82. The lowest BCUT2D eigenvalue weighted by Crippen LogP contribution is -2.38. The highest BCUT2D eigenvalue weighted by atomic mass is 16.2. The van der Waals surface area contributed by atoms with Gasteiger partial charge in [0.1, 0.15) is 23.5 Å². The monoisotopic (exact) mass is 278 g/mol. The zero-order valence-corrected chi connectivity index (χ0v) is 11.9. The van der Waals surface area contributed by atoms with E-state index in [1.807, 2.05) is 6.92 Å². The molecule has 1 unspecified atom stereocenters. The van der Waals surface area contributed by atoms with Gasteiger partial charge in [-0.15, -0.1) is 0 Å². The third-order valence-electron chi connectivity index (χ3n) is 3.08. The van der Waals surface area contributed by atoms with Crippen LogP contribution in [0.5, 0.6) is 0 Å². The van der Waals surface area contributed by atoms with Gasteiger partial charge in [-0.3, -0.25) is 4.79 Å². The van der Waals surface area contributed by atoms with E-state index in [4.69, 9.17) is 5.84 Å². The van der Waals surface area contributed by atoms with Crippen LogP contribution in [0.25, 0.3) is 0 Å². The van der Waals surface area contributed by atoms with Crippen LogP contribution in [-0.2, 0) is 11.2 Å². The average molecular weight is 278 g/mol. The maximum atomic E-state index is 11.9. The number of rotatable bonds is 7. The Morgan fingerprint density at radius 2 is 2.15 bits per heavy atom. The third-order valence-corrected chi connectivity index (χ3v) is 3.08. The van der Waals surface area contributed by atoms with Crippen molar-refractivity contribution in [3.63, 3.8) is 0 Å². The second-order valence-corrected chi connectivity index (χ2v) is 5.10. The molecule has 0 aromatic carbocycles. The van der Waals surface area contributed by atoms with Crippen LogP contribution in [-0.4, -0.2) is 28.0 Å². The van der Waals surface area contributed by atoms with E-state index in [1.165, 1.54) is 0 Å². The minimum atomic E-state index is -0.342. The van der Waals surface area contributed by atoms with Crippen molar-refractivity contribution in [2.24, 2.45) is 5.84 Å². The van der Waals surface area contributed by atoms with Gasteiger partial charge in [0.2, 0.25) is 5.91 Å². The molecule has 0 spiro atoms. The normalized spacial score (nSPS) is 15.6. The molecule has 1 aromatic heterocycles. The number of nitrogens with one attached hydrogen (secondary N) is 3. The van der Waals surface area contributed by atoms with Crippen molar-refractivity contribution < 1.29 is 4.79 Å². The second kappa shape index (κ2) is 6.51. The lowest BCUT2D eigenvalue weighted by Gasteiger charge is -2.15. The van der Waals surface area contributed by atoms with Crippen molar-refractivity contribution in [3.8, 4) is 0 Å². The van der Waals surface area contributed by atoms with Gasteiger partial charge in [-0.2, -0.15) is 0 Å². The standard InChI is InChI=1S/C13H22N6O/c1-3-4-10-17-11(7-12(18-10)19-14)15-8(2)13(20)16-9-5-6-9/h7-9H,3-6,14H2,1-2H3,(H,16,20)(H2,15,17,18,19). The predicted octanol–water partition coefficient (Wildman–Crippen LogP) is 0.794. The SMILES string of the molecule is CCCc1nc(NN)cc(NC(C)C(=O)NC2CC2)n1. The Kier molecular flexibility index (Phi) is 4.73. The van der Waals surface area contributed by atoms with E-state index in [0.717, 1.165) is 25.7 Å². The van der Waals surface area contributed by atoms with E-state index in [1.54, 1.807) is 6.07 Å². The van der Waals surface area contributed by atoms with Crippen molar-refractivity contribution in [2.75, 3.05) is 10.7 Å². The van der Waals surface area contributed by atoms with Crippen LogP contribution in [0.1, 0.15) is 38.9 Å². The number of amides is 1. The molecule has 2 rings (SSSR count). The first-order chi connectivity index (χ1) is 9.62. The van der Waals surface area contributed by atoms with Crippen LogP contribution in [0.4, 0.5) is 11.6 Å². The summed E-state index contributed by atoms with van der Waals surface area (Å²) in [6.45, 7) is 3.87. The van der Waals surface area contributed by atoms with Gasteiger partial charge in [0.05, 0.1) is 0 Å². The van der Waals surface area contributed by atoms with E-state index in [-0.39, 0.29) is 11.9 Å². The zero-order chi connectivity index (χ0) is 14.5. The van der Waals surface area contributed by atoms with Crippen LogP contribution in [0.2, 0.25) is 0 Å². The predicted molar refractivity (Wildman–Crippen MR) is 78.1 cm³/mol. The number of anilines is 2. The van der Waals surface area contributed by atoms with Gasteiger partial charge < -0.3 is 16.1 Å². The number of aromatic nitrogens is 2. The molecule has 7 heteroatoms. The van der Waals surface area contributed by atoms with E-state index in [9.17, 15) is 4.79 Å². The average Bonchev–Trinajstić information content (AvgIpc) is 3.22. The summed E-state index contributed by atoms with van der Waals surface area (Å²) in [5, 5.41) is 6.05. The Labute approximate surface area is 118 Å². The van der Waals surface area contributed by atoms with Gasteiger partial charge in [-0.05, 0) is 26.2 Å². The molecule has 1 atom stereocenters. The molecule has 1 heterocycles. The summed E-state index contributed by atoms with van der Waals surface area (Å²) in [5.41, 5.74) is 2.52. The van der Waals surface area contributed by atoms with E-state index < -0.39 is 0 Å². The number of hydrogen-bond donors (Lipinski definition) is 4. The van der Waals surface area contributed by atoms with E-state index in [2.05, 4.69) is 33.0 Å². The van der Waals surface area contributed by atoms with Gasteiger partial charge in [0.15, 0.2) is 0 Å². The van der Waals surface area contributed by atoms with Crippen LogP contribution in [0.3, 0.4) is 0 Å². The minimum Gasteiger partial charge on any atom is -0.358 e. The van der Waals surface area contributed by atoms with Gasteiger partial charge in [-0.1, -0.05) is 6.92 Å². The first-order valence-corrected chi connectivity index (χ1v) is 7.04. The molecule has 0 radical (unpaired) electrons. The molecule has 7 nitrogen and oxygen atoms in total. The number of nitrogen functional groups attached to an aromatic ring is 1. The summed E-state index contributed by atoms with van der Waals surface area (Å²) in [7, 11) is 0. The summed E-state index contributed by atoms with van der Waals surface area (Å²) >= 11 is 0.